The van der Waals surface area contributed by atoms with Crippen molar-refractivity contribution in [3.63, 3.8) is 0 Å². The zero-order valence-corrected chi connectivity index (χ0v) is 32.6. The van der Waals surface area contributed by atoms with Gasteiger partial charge in [0.15, 0.2) is 0 Å². The molecule has 0 bridgehead atoms. The van der Waals surface area contributed by atoms with Gasteiger partial charge in [-0.05, 0) is 57.8 Å². The fourth-order valence-electron chi connectivity index (χ4n) is 6.50. The smallest absolute Gasteiger partial charge is 0.306 e. The fraction of sp³-hybridized carbons (Fsp3) is 0.930. The van der Waals surface area contributed by atoms with Gasteiger partial charge in [-0.2, -0.15) is 0 Å². The van der Waals surface area contributed by atoms with Crippen LogP contribution in [0, 0.1) is 0 Å². The second kappa shape index (κ2) is 38.4. The molecule has 0 saturated carbocycles. The Labute approximate surface area is 299 Å². The highest BCUT2D eigenvalue weighted by molar-refractivity contribution is 5.78. The van der Waals surface area contributed by atoms with Crippen LogP contribution in [0.1, 0.15) is 245 Å². The van der Waals surface area contributed by atoms with Gasteiger partial charge in [0.05, 0.1) is 6.61 Å². The minimum absolute atomic E-state index is 0.0146. The van der Waals surface area contributed by atoms with Gasteiger partial charge in [-0.3, -0.25) is 14.4 Å². The first kappa shape index (κ1) is 46.6. The first-order valence-corrected chi connectivity index (χ1v) is 21.4. The van der Waals surface area contributed by atoms with E-state index < -0.39 is 0 Å². The van der Waals surface area contributed by atoms with Gasteiger partial charge >= 0.3 is 11.9 Å². The number of ether oxygens (including phenoxy) is 2. The van der Waals surface area contributed by atoms with Crippen molar-refractivity contribution in [3.8, 4) is 0 Å². The molecule has 0 aromatic rings. The topological polar surface area (TPSA) is 69.7 Å². The maximum Gasteiger partial charge on any atom is 0.306 e. The number of Topliss-reactive ketones (excluding diaryl/α,β-unsaturated/α-hetero) is 1. The van der Waals surface area contributed by atoms with Gasteiger partial charge in [0.25, 0.3) is 0 Å². The van der Waals surface area contributed by atoms with E-state index in [4.69, 9.17) is 9.47 Å². The van der Waals surface area contributed by atoms with Crippen LogP contribution in [-0.4, -0.2) is 30.4 Å². The normalized spacial score (nSPS) is 11.3. The molecule has 0 fully saturated rings. The molecule has 0 amide bonds. The molecule has 0 aromatic heterocycles. The molecular weight excluding hydrogens is 596 g/mol. The summed E-state index contributed by atoms with van der Waals surface area (Å²) in [7, 11) is 0. The van der Waals surface area contributed by atoms with Crippen LogP contribution in [0.5, 0.6) is 0 Å². The molecule has 48 heavy (non-hydrogen) atoms. The summed E-state index contributed by atoms with van der Waals surface area (Å²) in [6.07, 6.45) is 38.6. The van der Waals surface area contributed by atoms with E-state index in [1.807, 2.05) is 0 Å². The molecule has 0 N–H and O–H groups in total. The van der Waals surface area contributed by atoms with E-state index in [-0.39, 0.29) is 18.0 Å². The van der Waals surface area contributed by atoms with Crippen LogP contribution < -0.4 is 0 Å². The molecule has 0 radical (unpaired) electrons. The van der Waals surface area contributed by atoms with Crippen LogP contribution in [0.2, 0.25) is 0 Å². The minimum Gasteiger partial charge on any atom is -0.466 e. The number of esters is 2. The molecule has 0 rings (SSSR count). The zero-order chi connectivity index (χ0) is 35.2. The summed E-state index contributed by atoms with van der Waals surface area (Å²) in [5.74, 6) is 0.239. The number of hydrogen-bond acceptors (Lipinski definition) is 5. The van der Waals surface area contributed by atoms with E-state index in [1.54, 1.807) is 0 Å². The Hall–Kier alpha value is -1.39. The van der Waals surface area contributed by atoms with E-state index in [9.17, 15) is 14.4 Å². The number of rotatable bonds is 39. The summed E-state index contributed by atoms with van der Waals surface area (Å²) < 4.78 is 11.3. The second-order valence-electron chi connectivity index (χ2n) is 14.6. The third kappa shape index (κ3) is 35.9. The lowest BCUT2D eigenvalue weighted by Crippen LogP contribution is -2.18. The molecule has 0 aliphatic heterocycles. The second-order valence-corrected chi connectivity index (χ2v) is 14.6. The van der Waals surface area contributed by atoms with Crippen LogP contribution in [0.15, 0.2) is 0 Å². The molecule has 0 saturated heterocycles. The van der Waals surface area contributed by atoms with Crippen molar-refractivity contribution >= 4 is 17.7 Å². The third-order valence-electron chi connectivity index (χ3n) is 9.74. The Morgan fingerprint density at radius 1 is 0.375 bits per heavy atom. The molecule has 0 heterocycles. The van der Waals surface area contributed by atoms with E-state index in [2.05, 4.69) is 20.8 Å². The Morgan fingerprint density at radius 2 is 0.708 bits per heavy atom. The minimum atomic E-state index is -0.0877. The lowest BCUT2D eigenvalue weighted by atomic mass is 10.0. The number of ketones is 1. The summed E-state index contributed by atoms with van der Waals surface area (Å²) in [4.78, 5) is 36.8. The first-order valence-electron chi connectivity index (χ1n) is 21.4. The average Bonchev–Trinajstić information content (AvgIpc) is 3.07. The summed E-state index contributed by atoms with van der Waals surface area (Å²) in [5, 5.41) is 0. The molecule has 5 heteroatoms. The summed E-state index contributed by atoms with van der Waals surface area (Å²) in [6.45, 7) is 7.31. The van der Waals surface area contributed by atoms with Gasteiger partial charge in [0.2, 0.25) is 0 Å². The molecule has 0 atom stereocenters. The van der Waals surface area contributed by atoms with Crippen molar-refractivity contribution < 1.29 is 23.9 Å². The monoisotopic (exact) mass is 679 g/mol. The predicted molar refractivity (Wildman–Crippen MR) is 204 cm³/mol. The van der Waals surface area contributed by atoms with E-state index in [1.165, 1.54) is 122 Å². The number of carbonyl (C=O) groups excluding carboxylic acids is 3. The highest BCUT2D eigenvalue weighted by Crippen LogP contribution is 2.19. The van der Waals surface area contributed by atoms with Gasteiger partial charge < -0.3 is 9.47 Å². The van der Waals surface area contributed by atoms with Crippen LogP contribution in [-0.2, 0) is 23.9 Å². The Kier molecular flexibility index (Phi) is 37.3. The lowest BCUT2D eigenvalue weighted by molar-refractivity contribution is -0.150. The standard InChI is InChI=1S/C43H82O5/c1-4-7-10-13-16-17-18-24-32-39-47-42(45)37-31-25-27-34-40(44)33-26-20-19-23-30-38-43(46)48-41(35-28-21-14-11-8-5-2)36-29-22-15-12-9-6-3/h41H,4-39H2,1-3H3. The first-order chi connectivity index (χ1) is 23.5. The van der Waals surface area contributed by atoms with Crippen molar-refractivity contribution in [2.75, 3.05) is 6.61 Å². The van der Waals surface area contributed by atoms with E-state index in [0.29, 0.717) is 38.1 Å². The van der Waals surface area contributed by atoms with Crippen molar-refractivity contribution in [2.45, 2.75) is 252 Å². The van der Waals surface area contributed by atoms with Crippen LogP contribution in [0.25, 0.3) is 0 Å². The van der Waals surface area contributed by atoms with Crippen LogP contribution >= 0.6 is 0 Å². The molecule has 0 aromatic carbocycles. The van der Waals surface area contributed by atoms with Crippen molar-refractivity contribution in [3.05, 3.63) is 0 Å². The maximum atomic E-state index is 12.6. The van der Waals surface area contributed by atoms with Gasteiger partial charge in [0.1, 0.15) is 11.9 Å². The lowest BCUT2D eigenvalue weighted by Gasteiger charge is -2.18. The van der Waals surface area contributed by atoms with Gasteiger partial charge in [-0.15, -0.1) is 0 Å². The SMILES string of the molecule is CCCCCCCCCCCOC(=O)CCCCCC(=O)CCCCCCCC(=O)OC(CCCCCCCC)CCCCCCCC. The number of hydrogen-bond donors (Lipinski definition) is 0. The fourth-order valence-corrected chi connectivity index (χ4v) is 6.50. The van der Waals surface area contributed by atoms with Crippen LogP contribution in [0.3, 0.4) is 0 Å². The van der Waals surface area contributed by atoms with Crippen LogP contribution in [0.4, 0.5) is 0 Å². The van der Waals surface area contributed by atoms with Crippen molar-refractivity contribution in [1.82, 2.24) is 0 Å². The average molecular weight is 679 g/mol. The Balaban J connectivity index is 3.77. The molecular formula is C43H82O5. The highest BCUT2D eigenvalue weighted by atomic mass is 16.5. The molecule has 0 aliphatic rings. The zero-order valence-electron chi connectivity index (χ0n) is 32.6. The Morgan fingerprint density at radius 3 is 1.17 bits per heavy atom. The Bertz CT molecular complexity index is 689. The summed E-state index contributed by atoms with van der Waals surface area (Å²) in [6, 6.07) is 0. The van der Waals surface area contributed by atoms with Crippen molar-refractivity contribution in [1.29, 1.82) is 0 Å². The summed E-state index contributed by atoms with van der Waals surface area (Å²) >= 11 is 0. The van der Waals surface area contributed by atoms with E-state index >= 15 is 0 Å². The number of carbonyl (C=O) groups is 3. The predicted octanol–water partition coefficient (Wildman–Crippen LogP) is 13.7. The summed E-state index contributed by atoms with van der Waals surface area (Å²) in [5.41, 5.74) is 0. The highest BCUT2D eigenvalue weighted by Gasteiger charge is 2.14. The molecule has 5 nitrogen and oxygen atoms in total. The molecule has 0 unspecified atom stereocenters. The molecule has 284 valence electrons. The molecule has 0 spiro atoms. The molecule has 0 aliphatic carbocycles. The largest absolute Gasteiger partial charge is 0.466 e. The third-order valence-corrected chi connectivity index (χ3v) is 9.74. The maximum absolute atomic E-state index is 12.6. The van der Waals surface area contributed by atoms with E-state index in [0.717, 1.165) is 77.0 Å². The van der Waals surface area contributed by atoms with Gasteiger partial charge in [-0.1, -0.05) is 162 Å². The van der Waals surface area contributed by atoms with Crippen molar-refractivity contribution in [2.24, 2.45) is 0 Å². The van der Waals surface area contributed by atoms with Gasteiger partial charge in [0, 0.05) is 25.7 Å². The van der Waals surface area contributed by atoms with Gasteiger partial charge in [-0.25, -0.2) is 0 Å². The number of unbranched alkanes of at least 4 members (excludes halogenated alkanes) is 24. The quantitative estimate of drug-likeness (QED) is 0.0478.